The summed E-state index contributed by atoms with van der Waals surface area (Å²) in [5, 5.41) is 9.61. The molecule has 0 saturated carbocycles. The van der Waals surface area contributed by atoms with Crippen LogP contribution in [0.4, 0.5) is 0 Å². The molecule has 0 saturated heterocycles. The first-order valence-electron chi connectivity index (χ1n) is 8.07. The minimum atomic E-state index is -3.41. The first-order valence-corrected chi connectivity index (χ1v) is 10.5. The molecule has 1 N–H and O–H groups in total. The van der Waals surface area contributed by atoms with E-state index in [0.717, 1.165) is 0 Å². The highest BCUT2D eigenvalue weighted by Crippen LogP contribution is 2.38. The molecular weight excluding hydrogens is 415 g/mol. The molecule has 0 unspecified atom stereocenters. The van der Waals surface area contributed by atoms with Crippen molar-refractivity contribution in [1.82, 2.24) is 0 Å². The van der Waals surface area contributed by atoms with Crippen molar-refractivity contribution in [2.24, 2.45) is 0 Å². The molecule has 0 heterocycles. The second kappa shape index (κ2) is 8.82. The average molecular weight is 433 g/mol. The molecule has 0 fully saturated rings. The van der Waals surface area contributed by atoms with E-state index in [1.807, 2.05) is 0 Å². The molecule has 0 aliphatic rings. The molecule has 0 spiro atoms. The third-order valence-corrected chi connectivity index (χ3v) is 5.95. The number of carboxylic acids is 1. The van der Waals surface area contributed by atoms with Crippen LogP contribution in [0.2, 0.25) is 10.0 Å². The van der Waals surface area contributed by atoms with Gasteiger partial charge in [0.15, 0.2) is 27.4 Å². The maximum absolute atomic E-state index is 11.9. The summed E-state index contributed by atoms with van der Waals surface area (Å²) in [7, 11) is -3.41. The Bertz CT molecular complexity index is 943. The maximum Gasteiger partial charge on any atom is 0.344 e. The molecule has 0 amide bonds. The van der Waals surface area contributed by atoms with E-state index in [2.05, 4.69) is 0 Å². The van der Waals surface area contributed by atoms with Crippen LogP contribution in [0.1, 0.15) is 20.3 Å². The van der Waals surface area contributed by atoms with Crippen molar-refractivity contribution in [1.29, 1.82) is 0 Å². The Kier molecular flexibility index (Phi) is 6.97. The molecule has 146 valence electrons. The van der Waals surface area contributed by atoms with Gasteiger partial charge >= 0.3 is 5.97 Å². The van der Waals surface area contributed by atoms with Gasteiger partial charge in [-0.25, -0.2) is 13.2 Å². The monoisotopic (exact) mass is 432 g/mol. The fourth-order valence-electron chi connectivity index (χ4n) is 2.16. The first kappa shape index (κ1) is 21.3. The molecule has 6 nitrogen and oxygen atoms in total. The van der Waals surface area contributed by atoms with Gasteiger partial charge in [0, 0.05) is 11.1 Å². The molecule has 2 aromatic carbocycles. The van der Waals surface area contributed by atoms with Crippen LogP contribution in [0.25, 0.3) is 0 Å². The number of hydrogen-bond donors (Lipinski definition) is 1. The molecule has 0 radical (unpaired) electrons. The van der Waals surface area contributed by atoms with Gasteiger partial charge in [-0.3, -0.25) is 0 Å². The highest BCUT2D eigenvalue weighted by Gasteiger charge is 2.20. The van der Waals surface area contributed by atoms with E-state index >= 15 is 0 Å². The Morgan fingerprint density at radius 3 is 2.30 bits per heavy atom. The number of carboxylic acid groups (broad SMARTS) is 1. The van der Waals surface area contributed by atoms with Crippen molar-refractivity contribution < 1.29 is 27.8 Å². The number of aliphatic carboxylic acids is 1. The van der Waals surface area contributed by atoms with Crippen LogP contribution >= 0.6 is 23.2 Å². The lowest BCUT2D eigenvalue weighted by Gasteiger charge is -2.17. The first-order chi connectivity index (χ1) is 12.7. The van der Waals surface area contributed by atoms with Gasteiger partial charge in [-0.05, 0) is 36.8 Å². The van der Waals surface area contributed by atoms with Gasteiger partial charge in [-0.2, -0.15) is 0 Å². The summed E-state index contributed by atoms with van der Waals surface area (Å²) in [6.45, 7) is 3.22. The Morgan fingerprint density at radius 1 is 1.07 bits per heavy atom. The number of halogens is 2. The van der Waals surface area contributed by atoms with E-state index in [1.54, 1.807) is 6.92 Å². The van der Waals surface area contributed by atoms with Gasteiger partial charge in [0.05, 0.1) is 15.7 Å². The molecule has 0 aliphatic heterocycles. The SMILES string of the molecule is CC[C@H](Oc1ccc(Cl)cc1Oc1ccc(S(=O)(=O)CC)cc1Cl)C(=O)O. The summed E-state index contributed by atoms with van der Waals surface area (Å²) in [6.07, 6.45) is -0.803. The van der Waals surface area contributed by atoms with E-state index in [-0.39, 0.29) is 39.3 Å². The Balaban J connectivity index is 2.37. The summed E-state index contributed by atoms with van der Waals surface area (Å²) >= 11 is 12.2. The van der Waals surface area contributed by atoms with Gasteiger partial charge < -0.3 is 14.6 Å². The zero-order chi connectivity index (χ0) is 20.2. The normalized spacial score (nSPS) is 12.4. The lowest BCUT2D eigenvalue weighted by molar-refractivity contribution is -0.145. The maximum atomic E-state index is 11.9. The zero-order valence-corrected chi connectivity index (χ0v) is 16.9. The zero-order valence-electron chi connectivity index (χ0n) is 14.6. The van der Waals surface area contributed by atoms with E-state index in [0.29, 0.717) is 5.02 Å². The van der Waals surface area contributed by atoms with Crippen LogP contribution in [0.5, 0.6) is 17.2 Å². The van der Waals surface area contributed by atoms with Crippen molar-refractivity contribution in [2.45, 2.75) is 31.3 Å². The second-order valence-electron chi connectivity index (χ2n) is 5.54. The van der Waals surface area contributed by atoms with Crippen molar-refractivity contribution >= 4 is 39.0 Å². The predicted molar refractivity (Wildman–Crippen MR) is 103 cm³/mol. The largest absolute Gasteiger partial charge is 0.479 e. The average Bonchev–Trinajstić information content (AvgIpc) is 2.62. The summed E-state index contributed by atoms with van der Waals surface area (Å²) in [5.41, 5.74) is 0. The van der Waals surface area contributed by atoms with Gasteiger partial charge in [0.25, 0.3) is 0 Å². The number of hydrogen-bond acceptors (Lipinski definition) is 5. The van der Waals surface area contributed by atoms with E-state index in [1.165, 1.54) is 43.3 Å². The molecule has 2 aromatic rings. The van der Waals surface area contributed by atoms with Crippen LogP contribution in [0.15, 0.2) is 41.3 Å². The third-order valence-electron chi connectivity index (χ3n) is 3.68. The minimum Gasteiger partial charge on any atom is -0.479 e. The molecule has 9 heteroatoms. The second-order valence-corrected chi connectivity index (χ2v) is 8.66. The summed E-state index contributed by atoms with van der Waals surface area (Å²) < 4.78 is 35.1. The van der Waals surface area contributed by atoms with Crippen molar-refractivity contribution in [2.75, 3.05) is 5.75 Å². The quantitative estimate of drug-likeness (QED) is 0.642. The molecule has 2 rings (SSSR count). The van der Waals surface area contributed by atoms with Crippen LogP contribution < -0.4 is 9.47 Å². The lowest BCUT2D eigenvalue weighted by Crippen LogP contribution is -2.26. The van der Waals surface area contributed by atoms with E-state index in [9.17, 15) is 18.3 Å². The van der Waals surface area contributed by atoms with Gasteiger partial charge in [0.1, 0.15) is 5.75 Å². The molecule has 0 bridgehead atoms. The third kappa shape index (κ3) is 5.28. The molecule has 0 aliphatic carbocycles. The lowest BCUT2D eigenvalue weighted by atomic mass is 10.2. The summed E-state index contributed by atoms with van der Waals surface area (Å²) in [5.74, 6) is -0.637. The Hall–Kier alpha value is -1.96. The van der Waals surface area contributed by atoms with Crippen molar-refractivity contribution in [3.63, 3.8) is 0 Å². The van der Waals surface area contributed by atoms with Crippen LogP contribution in [-0.2, 0) is 14.6 Å². The van der Waals surface area contributed by atoms with Crippen molar-refractivity contribution in [3.8, 4) is 17.2 Å². The highest BCUT2D eigenvalue weighted by molar-refractivity contribution is 7.91. The van der Waals surface area contributed by atoms with E-state index < -0.39 is 21.9 Å². The fourth-order valence-corrected chi connectivity index (χ4v) is 3.52. The van der Waals surface area contributed by atoms with Gasteiger partial charge in [-0.1, -0.05) is 37.0 Å². The standard InChI is InChI=1S/C18H18Cl2O6S/c1-3-14(18(21)22)25-16-7-5-11(19)9-17(16)26-15-8-6-12(10-13(15)20)27(23,24)4-2/h5-10,14H,3-4H2,1-2H3,(H,21,22)/t14-/m0/s1. The van der Waals surface area contributed by atoms with Crippen molar-refractivity contribution in [3.05, 3.63) is 46.4 Å². The molecular formula is C18H18Cl2O6S. The van der Waals surface area contributed by atoms with Crippen LogP contribution in [0.3, 0.4) is 0 Å². The number of sulfone groups is 1. The number of rotatable bonds is 8. The summed E-state index contributed by atoms with van der Waals surface area (Å²) in [4.78, 5) is 11.3. The molecule has 0 aromatic heterocycles. The number of carbonyl (C=O) groups is 1. The smallest absolute Gasteiger partial charge is 0.344 e. The topological polar surface area (TPSA) is 89.9 Å². The Morgan fingerprint density at radius 2 is 1.74 bits per heavy atom. The molecule has 27 heavy (non-hydrogen) atoms. The van der Waals surface area contributed by atoms with Gasteiger partial charge in [-0.15, -0.1) is 0 Å². The molecule has 1 atom stereocenters. The Labute approximate surface area is 167 Å². The van der Waals surface area contributed by atoms with Crippen LogP contribution in [0, 0.1) is 0 Å². The van der Waals surface area contributed by atoms with E-state index in [4.69, 9.17) is 32.7 Å². The number of ether oxygens (including phenoxy) is 2. The van der Waals surface area contributed by atoms with Gasteiger partial charge in [0.2, 0.25) is 0 Å². The highest BCUT2D eigenvalue weighted by atomic mass is 35.5. The predicted octanol–water partition coefficient (Wildman–Crippen LogP) is 4.82. The summed E-state index contributed by atoms with van der Waals surface area (Å²) in [6, 6.07) is 8.59. The minimum absolute atomic E-state index is 0.0522. The van der Waals surface area contributed by atoms with Crippen LogP contribution in [-0.4, -0.2) is 31.4 Å². The fraction of sp³-hybridized carbons (Fsp3) is 0.278. The number of benzene rings is 2.